The maximum Gasteiger partial charge on any atom is 0.167 e. The highest BCUT2D eigenvalue weighted by Crippen LogP contribution is 2.37. The van der Waals surface area contributed by atoms with E-state index in [0.29, 0.717) is 23.9 Å². The lowest BCUT2D eigenvalue weighted by Gasteiger charge is -2.25. The van der Waals surface area contributed by atoms with Gasteiger partial charge in [0.2, 0.25) is 0 Å². The predicted octanol–water partition coefficient (Wildman–Crippen LogP) is 3.66. The summed E-state index contributed by atoms with van der Waals surface area (Å²) in [6.07, 6.45) is 3.59. The molecule has 1 heterocycles. The molecule has 27 heavy (non-hydrogen) atoms. The van der Waals surface area contributed by atoms with E-state index in [2.05, 4.69) is 14.9 Å². The van der Waals surface area contributed by atoms with Crippen molar-refractivity contribution in [2.24, 2.45) is 0 Å². The van der Waals surface area contributed by atoms with Crippen molar-refractivity contribution < 1.29 is 19.0 Å². The minimum Gasteiger partial charge on any atom is -0.504 e. The molecule has 0 radical (unpaired) electrons. The first kappa shape index (κ1) is 17.3. The van der Waals surface area contributed by atoms with Crippen LogP contribution in [0.15, 0.2) is 36.7 Å². The highest BCUT2D eigenvalue weighted by molar-refractivity contribution is 5.90. The lowest BCUT2D eigenvalue weighted by Crippen LogP contribution is -2.26. The summed E-state index contributed by atoms with van der Waals surface area (Å²) < 4.78 is 24.4. The molecule has 7 heteroatoms. The van der Waals surface area contributed by atoms with Crippen LogP contribution in [0.4, 0.5) is 10.2 Å². The molecule has 1 aliphatic rings. The summed E-state index contributed by atoms with van der Waals surface area (Å²) in [6.45, 7) is 0.590. The molecular formula is C20H20FN3O3. The average Bonchev–Trinajstić information content (AvgIpc) is 3.51. The maximum absolute atomic E-state index is 14.1. The second kappa shape index (κ2) is 6.90. The molecule has 0 amide bonds. The molecule has 0 saturated heterocycles. The van der Waals surface area contributed by atoms with Crippen molar-refractivity contribution in [1.29, 1.82) is 0 Å². The van der Waals surface area contributed by atoms with Gasteiger partial charge < -0.3 is 19.5 Å². The first-order valence-corrected chi connectivity index (χ1v) is 8.71. The Morgan fingerprint density at radius 3 is 2.59 bits per heavy atom. The van der Waals surface area contributed by atoms with Gasteiger partial charge in [0.05, 0.1) is 19.7 Å². The molecule has 1 aromatic heterocycles. The van der Waals surface area contributed by atoms with Crippen molar-refractivity contribution in [3.63, 3.8) is 0 Å². The third-order valence-electron chi connectivity index (χ3n) is 4.74. The molecule has 6 nitrogen and oxygen atoms in total. The summed E-state index contributed by atoms with van der Waals surface area (Å²) in [6, 6.07) is 8.67. The minimum atomic E-state index is -0.448. The van der Waals surface area contributed by atoms with Crippen LogP contribution in [0.1, 0.15) is 18.4 Å². The molecule has 1 N–H and O–H groups in total. The Morgan fingerprint density at radius 2 is 1.89 bits per heavy atom. The van der Waals surface area contributed by atoms with Crippen LogP contribution in [0.2, 0.25) is 0 Å². The van der Waals surface area contributed by atoms with Crippen LogP contribution in [0, 0.1) is 5.82 Å². The largest absolute Gasteiger partial charge is 0.504 e. The number of rotatable bonds is 6. The van der Waals surface area contributed by atoms with Crippen LogP contribution < -0.4 is 14.4 Å². The van der Waals surface area contributed by atoms with Gasteiger partial charge in [-0.3, -0.25) is 0 Å². The first-order valence-electron chi connectivity index (χ1n) is 8.71. The van der Waals surface area contributed by atoms with Crippen LogP contribution >= 0.6 is 0 Å². The van der Waals surface area contributed by atoms with E-state index in [-0.39, 0.29) is 11.5 Å². The smallest absolute Gasteiger partial charge is 0.167 e. The SMILES string of the molecule is COc1cc(CN(c2ncnc3cc(F)c(OC)cc23)C2CC2)ccc1O. The van der Waals surface area contributed by atoms with Crippen molar-refractivity contribution in [3.05, 3.63) is 48.0 Å². The van der Waals surface area contributed by atoms with Crippen LogP contribution in [0.3, 0.4) is 0 Å². The molecule has 0 atom stereocenters. The van der Waals surface area contributed by atoms with E-state index >= 15 is 0 Å². The van der Waals surface area contributed by atoms with Gasteiger partial charge in [0.1, 0.15) is 12.1 Å². The standard InChI is InChI=1S/C20H20FN3O3/c1-26-18-8-14-16(9-15(18)21)22-11-23-20(14)24(13-4-5-13)10-12-3-6-17(25)19(7-12)27-2/h3,6-9,11,13,25H,4-5,10H2,1-2H3. The molecule has 0 bridgehead atoms. The zero-order valence-electron chi connectivity index (χ0n) is 15.1. The predicted molar refractivity (Wildman–Crippen MR) is 99.9 cm³/mol. The van der Waals surface area contributed by atoms with Crippen LogP contribution in [0.5, 0.6) is 17.2 Å². The van der Waals surface area contributed by atoms with Gasteiger partial charge in [0.25, 0.3) is 0 Å². The highest BCUT2D eigenvalue weighted by atomic mass is 19.1. The Bertz CT molecular complexity index is 992. The van der Waals surface area contributed by atoms with Gasteiger partial charge in [-0.05, 0) is 36.6 Å². The van der Waals surface area contributed by atoms with Crippen molar-refractivity contribution in [2.75, 3.05) is 19.1 Å². The van der Waals surface area contributed by atoms with Crippen LogP contribution in [-0.2, 0) is 6.54 Å². The molecule has 3 aromatic rings. The lowest BCUT2D eigenvalue weighted by atomic mass is 10.1. The van der Waals surface area contributed by atoms with Crippen LogP contribution in [-0.4, -0.2) is 35.3 Å². The molecule has 1 saturated carbocycles. The molecule has 0 unspecified atom stereocenters. The fraction of sp³-hybridized carbons (Fsp3) is 0.300. The fourth-order valence-electron chi connectivity index (χ4n) is 3.21. The number of nitrogens with zero attached hydrogens (tertiary/aromatic N) is 3. The topological polar surface area (TPSA) is 67.7 Å². The van der Waals surface area contributed by atoms with Gasteiger partial charge in [-0.25, -0.2) is 14.4 Å². The number of ether oxygens (including phenoxy) is 2. The zero-order chi connectivity index (χ0) is 19.0. The number of phenolic OH excluding ortho intramolecular Hbond substituents is 1. The summed E-state index contributed by atoms with van der Waals surface area (Å²) in [5.41, 5.74) is 1.52. The molecule has 1 fully saturated rings. The average molecular weight is 369 g/mol. The van der Waals surface area contributed by atoms with E-state index in [4.69, 9.17) is 9.47 Å². The summed E-state index contributed by atoms with van der Waals surface area (Å²) in [5.74, 6) is 0.996. The van der Waals surface area contributed by atoms with Gasteiger partial charge in [0.15, 0.2) is 23.1 Å². The van der Waals surface area contributed by atoms with Gasteiger partial charge in [-0.15, -0.1) is 0 Å². The molecule has 4 rings (SSSR count). The zero-order valence-corrected chi connectivity index (χ0v) is 15.1. The Morgan fingerprint density at radius 1 is 1.11 bits per heavy atom. The Hall–Kier alpha value is -3.09. The first-order chi connectivity index (χ1) is 13.1. The number of benzene rings is 2. The summed E-state index contributed by atoms with van der Waals surface area (Å²) in [5, 5.41) is 10.6. The highest BCUT2D eigenvalue weighted by Gasteiger charge is 2.31. The summed E-state index contributed by atoms with van der Waals surface area (Å²) >= 11 is 0. The minimum absolute atomic E-state index is 0.104. The van der Waals surface area contributed by atoms with Crippen molar-refractivity contribution in [1.82, 2.24) is 9.97 Å². The lowest BCUT2D eigenvalue weighted by molar-refractivity contribution is 0.373. The Kier molecular flexibility index (Phi) is 4.43. The van der Waals surface area contributed by atoms with E-state index in [0.717, 1.165) is 29.6 Å². The van der Waals surface area contributed by atoms with Gasteiger partial charge >= 0.3 is 0 Å². The summed E-state index contributed by atoms with van der Waals surface area (Å²) in [7, 11) is 2.96. The van der Waals surface area contributed by atoms with Crippen LogP contribution in [0.25, 0.3) is 10.9 Å². The maximum atomic E-state index is 14.1. The van der Waals surface area contributed by atoms with Gasteiger partial charge in [-0.1, -0.05) is 6.07 Å². The molecule has 1 aliphatic carbocycles. The third kappa shape index (κ3) is 3.32. The van der Waals surface area contributed by atoms with Gasteiger partial charge in [-0.2, -0.15) is 0 Å². The number of aromatic hydroxyl groups is 1. The van der Waals surface area contributed by atoms with E-state index in [1.807, 2.05) is 12.1 Å². The molecule has 140 valence electrons. The Balaban J connectivity index is 1.77. The number of hydrogen-bond acceptors (Lipinski definition) is 6. The number of halogens is 1. The number of phenols is 1. The fourth-order valence-corrected chi connectivity index (χ4v) is 3.21. The molecule has 0 aliphatic heterocycles. The van der Waals surface area contributed by atoms with Crippen molar-refractivity contribution >= 4 is 16.7 Å². The second-order valence-corrected chi connectivity index (χ2v) is 6.57. The third-order valence-corrected chi connectivity index (χ3v) is 4.74. The normalized spacial score (nSPS) is 13.6. The van der Waals surface area contributed by atoms with Crippen molar-refractivity contribution in [3.8, 4) is 17.2 Å². The van der Waals surface area contributed by atoms with E-state index in [1.54, 1.807) is 12.1 Å². The Labute approximate surface area is 156 Å². The number of aromatic nitrogens is 2. The number of anilines is 1. The van der Waals surface area contributed by atoms with Crippen molar-refractivity contribution in [2.45, 2.75) is 25.4 Å². The molecule has 0 spiro atoms. The monoisotopic (exact) mass is 369 g/mol. The molecular weight excluding hydrogens is 349 g/mol. The van der Waals surface area contributed by atoms with E-state index in [1.165, 1.54) is 26.6 Å². The molecule has 2 aromatic carbocycles. The quantitative estimate of drug-likeness (QED) is 0.715. The number of hydrogen-bond donors (Lipinski definition) is 1. The number of fused-ring (bicyclic) bond motifs is 1. The summed E-state index contributed by atoms with van der Waals surface area (Å²) in [4.78, 5) is 10.9. The second-order valence-electron chi connectivity index (χ2n) is 6.57. The van der Waals surface area contributed by atoms with E-state index < -0.39 is 5.82 Å². The number of methoxy groups -OCH3 is 2. The van der Waals surface area contributed by atoms with E-state index in [9.17, 15) is 9.50 Å². The van der Waals surface area contributed by atoms with Gasteiger partial charge in [0, 0.05) is 24.0 Å².